The van der Waals surface area contributed by atoms with Gasteiger partial charge in [-0.1, -0.05) is 0 Å². The second-order valence-corrected chi connectivity index (χ2v) is 4.48. The minimum atomic E-state index is -0.934. The van der Waals surface area contributed by atoms with Crippen molar-refractivity contribution in [3.8, 4) is 0 Å². The Labute approximate surface area is 97.8 Å². The van der Waals surface area contributed by atoms with Crippen LogP contribution in [0.5, 0.6) is 0 Å². The first-order valence-electron chi connectivity index (χ1n) is 4.93. The third-order valence-corrected chi connectivity index (χ3v) is 1.73. The summed E-state index contributed by atoms with van der Waals surface area (Å²) in [5.41, 5.74) is 4.16. The van der Waals surface area contributed by atoms with Crippen LogP contribution in [0, 0.1) is 11.6 Å². The number of nitrogens with one attached hydrogen (secondary N) is 1. The quantitative estimate of drug-likeness (QED) is 0.746. The van der Waals surface area contributed by atoms with Crippen LogP contribution in [0.2, 0.25) is 0 Å². The van der Waals surface area contributed by atoms with Crippen LogP contribution in [-0.2, 0) is 4.74 Å². The summed E-state index contributed by atoms with van der Waals surface area (Å²) in [6.45, 7) is 5.01. The van der Waals surface area contributed by atoms with Crippen molar-refractivity contribution < 1.29 is 18.3 Å². The molecule has 0 aliphatic rings. The summed E-state index contributed by atoms with van der Waals surface area (Å²) in [6.07, 6.45) is -0.825. The molecule has 3 N–H and O–H groups in total. The number of benzene rings is 1. The summed E-state index contributed by atoms with van der Waals surface area (Å²) in [5, 5.41) is 2.18. The smallest absolute Gasteiger partial charge is 0.412 e. The fraction of sp³-hybridized carbons (Fsp3) is 0.364. The minimum Gasteiger partial charge on any atom is -0.444 e. The zero-order valence-electron chi connectivity index (χ0n) is 9.80. The molecule has 0 bridgehead atoms. The number of ether oxygens (including phenoxy) is 1. The number of anilines is 2. The highest BCUT2D eigenvalue weighted by Gasteiger charge is 2.18. The molecular formula is C11H14F2N2O2. The van der Waals surface area contributed by atoms with Crippen LogP contribution in [0.25, 0.3) is 0 Å². The largest absolute Gasteiger partial charge is 0.444 e. The number of halogens is 2. The van der Waals surface area contributed by atoms with Crippen LogP contribution in [0.15, 0.2) is 12.1 Å². The first kappa shape index (κ1) is 13.2. The highest BCUT2D eigenvalue weighted by Crippen LogP contribution is 2.23. The van der Waals surface area contributed by atoms with Crippen molar-refractivity contribution >= 4 is 17.5 Å². The van der Waals surface area contributed by atoms with Crippen LogP contribution in [-0.4, -0.2) is 11.7 Å². The number of rotatable bonds is 1. The van der Waals surface area contributed by atoms with Gasteiger partial charge in [-0.05, 0) is 26.8 Å². The van der Waals surface area contributed by atoms with E-state index in [-0.39, 0.29) is 11.4 Å². The van der Waals surface area contributed by atoms with Crippen molar-refractivity contribution in [1.82, 2.24) is 0 Å². The first-order chi connectivity index (χ1) is 7.69. The first-order valence-corrected chi connectivity index (χ1v) is 4.93. The van der Waals surface area contributed by atoms with Gasteiger partial charge in [0, 0.05) is 6.07 Å². The van der Waals surface area contributed by atoms with E-state index in [4.69, 9.17) is 10.5 Å². The molecule has 0 aliphatic heterocycles. The molecule has 6 heteroatoms. The molecule has 1 rings (SSSR count). The van der Waals surface area contributed by atoms with E-state index >= 15 is 0 Å². The molecule has 0 spiro atoms. The third-order valence-electron chi connectivity index (χ3n) is 1.73. The van der Waals surface area contributed by atoms with Gasteiger partial charge in [0.05, 0.1) is 11.4 Å². The molecule has 0 saturated carbocycles. The van der Waals surface area contributed by atoms with Crippen molar-refractivity contribution in [2.24, 2.45) is 0 Å². The molecule has 0 aromatic heterocycles. The van der Waals surface area contributed by atoms with Gasteiger partial charge < -0.3 is 10.5 Å². The molecule has 0 atom stereocenters. The molecule has 0 saturated heterocycles. The van der Waals surface area contributed by atoms with Crippen LogP contribution < -0.4 is 11.1 Å². The summed E-state index contributed by atoms with van der Waals surface area (Å²) in [6, 6.07) is 1.55. The van der Waals surface area contributed by atoms with E-state index in [1.54, 1.807) is 20.8 Å². The van der Waals surface area contributed by atoms with Crippen LogP contribution in [0.4, 0.5) is 25.0 Å². The molecule has 0 radical (unpaired) electrons. The third kappa shape index (κ3) is 3.90. The number of nitrogen functional groups attached to an aromatic ring is 1. The molecule has 17 heavy (non-hydrogen) atoms. The summed E-state index contributed by atoms with van der Waals surface area (Å²) < 4.78 is 30.9. The molecule has 94 valence electrons. The molecule has 1 aromatic rings. The normalized spacial score (nSPS) is 11.1. The van der Waals surface area contributed by atoms with E-state index in [9.17, 15) is 13.6 Å². The fourth-order valence-corrected chi connectivity index (χ4v) is 1.10. The average Bonchev–Trinajstić information content (AvgIpc) is 2.10. The molecule has 0 fully saturated rings. The van der Waals surface area contributed by atoms with Crippen molar-refractivity contribution in [3.05, 3.63) is 23.8 Å². The van der Waals surface area contributed by atoms with E-state index in [0.717, 1.165) is 6.07 Å². The molecule has 0 unspecified atom stereocenters. The van der Waals surface area contributed by atoms with Crippen LogP contribution >= 0.6 is 0 Å². The Morgan fingerprint density at radius 2 is 1.94 bits per heavy atom. The second-order valence-electron chi connectivity index (χ2n) is 4.48. The van der Waals surface area contributed by atoms with Crippen LogP contribution in [0.1, 0.15) is 20.8 Å². The number of hydrogen-bond acceptors (Lipinski definition) is 3. The number of amides is 1. The van der Waals surface area contributed by atoms with Crippen LogP contribution in [0.3, 0.4) is 0 Å². The zero-order chi connectivity index (χ0) is 13.2. The summed E-state index contributed by atoms with van der Waals surface area (Å²) in [5.74, 6) is -1.76. The SMILES string of the molecule is CC(C)(C)OC(=O)Nc1cc(F)cc(F)c1N. The highest BCUT2D eigenvalue weighted by molar-refractivity contribution is 5.89. The Balaban J connectivity index is 2.85. The van der Waals surface area contributed by atoms with Crippen molar-refractivity contribution in [2.75, 3.05) is 11.1 Å². The minimum absolute atomic E-state index is 0.156. The Bertz CT molecular complexity index is 442. The maximum absolute atomic E-state index is 13.1. The van der Waals surface area contributed by atoms with Gasteiger partial charge >= 0.3 is 6.09 Å². The van der Waals surface area contributed by atoms with E-state index in [1.807, 2.05) is 0 Å². The Hall–Kier alpha value is -1.85. The van der Waals surface area contributed by atoms with Crippen molar-refractivity contribution in [1.29, 1.82) is 0 Å². The molecule has 0 heterocycles. The summed E-state index contributed by atoms with van der Waals surface area (Å²) in [7, 11) is 0. The zero-order valence-corrected chi connectivity index (χ0v) is 9.80. The monoisotopic (exact) mass is 244 g/mol. The van der Waals surface area contributed by atoms with Crippen molar-refractivity contribution in [2.45, 2.75) is 26.4 Å². The topological polar surface area (TPSA) is 64.3 Å². The lowest BCUT2D eigenvalue weighted by Gasteiger charge is -2.20. The van der Waals surface area contributed by atoms with Gasteiger partial charge in [-0.15, -0.1) is 0 Å². The second kappa shape index (κ2) is 4.57. The van der Waals surface area contributed by atoms with Gasteiger partial charge in [-0.3, -0.25) is 5.32 Å². The molecule has 4 nitrogen and oxygen atoms in total. The maximum Gasteiger partial charge on any atom is 0.412 e. The molecule has 1 aromatic carbocycles. The van der Waals surface area contributed by atoms with Gasteiger partial charge in [-0.2, -0.15) is 0 Å². The standard InChI is InChI=1S/C11H14F2N2O2/c1-11(2,3)17-10(16)15-8-5-6(12)4-7(13)9(8)14/h4-5H,14H2,1-3H3,(H,15,16). The fourth-order valence-electron chi connectivity index (χ4n) is 1.10. The Morgan fingerprint density at radius 3 is 2.47 bits per heavy atom. The maximum atomic E-state index is 13.1. The van der Waals surface area contributed by atoms with Gasteiger partial charge in [0.2, 0.25) is 0 Å². The molecule has 0 aliphatic carbocycles. The van der Waals surface area contributed by atoms with Gasteiger partial charge in [0.25, 0.3) is 0 Å². The molecule has 1 amide bonds. The lowest BCUT2D eigenvalue weighted by atomic mass is 10.2. The number of hydrogen-bond donors (Lipinski definition) is 2. The predicted octanol–water partition coefficient (Wildman–Crippen LogP) is 2.89. The van der Waals surface area contributed by atoms with Gasteiger partial charge in [0.1, 0.15) is 11.4 Å². The Kier molecular flexibility index (Phi) is 3.55. The summed E-state index contributed by atoms with van der Waals surface area (Å²) >= 11 is 0. The summed E-state index contributed by atoms with van der Waals surface area (Å²) in [4.78, 5) is 11.4. The number of nitrogens with two attached hydrogens (primary N) is 1. The van der Waals surface area contributed by atoms with E-state index < -0.39 is 23.3 Å². The number of carbonyl (C=O) groups is 1. The van der Waals surface area contributed by atoms with E-state index in [2.05, 4.69) is 5.32 Å². The van der Waals surface area contributed by atoms with E-state index in [1.165, 1.54) is 0 Å². The number of carbonyl (C=O) groups excluding carboxylic acids is 1. The lowest BCUT2D eigenvalue weighted by molar-refractivity contribution is 0.0636. The van der Waals surface area contributed by atoms with Crippen molar-refractivity contribution in [3.63, 3.8) is 0 Å². The molecular weight excluding hydrogens is 230 g/mol. The van der Waals surface area contributed by atoms with Gasteiger partial charge in [0.15, 0.2) is 5.82 Å². The highest BCUT2D eigenvalue weighted by atomic mass is 19.1. The predicted molar refractivity (Wildman–Crippen MR) is 60.6 cm³/mol. The average molecular weight is 244 g/mol. The Morgan fingerprint density at radius 1 is 1.35 bits per heavy atom. The van der Waals surface area contributed by atoms with E-state index in [0.29, 0.717) is 6.07 Å². The lowest BCUT2D eigenvalue weighted by Crippen LogP contribution is -2.27. The van der Waals surface area contributed by atoms with Gasteiger partial charge in [-0.25, -0.2) is 13.6 Å².